The standard InChI is InChI=1S/C19H15N3O7S/c1-29-14-8-11(7-13(17(14)24)22(27)28)9-15-18(25)21(19(26)30-15)10-16(23)20-12-5-3-2-4-6-12/h2-9,24H,10H2,1H3,(H,20,23)/b15-9-. The van der Waals surface area contributed by atoms with Gasteiger partial charge in [0.2, 0.25) is 11.7 Å². The van der Waals surface area contributed by atoms with Crippen LogP contribution in [0.5, 0.6) is 11.5 Å². The van der Waals surface area contributed by atoms with Gasteiger partial charge in [-0.05, 0) is 41.6 Å². The summed E-state index contributed by atoms with van der Waals surface area (Å²) in [4.78, 5) is 48.0. The molecule has 0 bridgehead atoms. The molecule has 1 aliphatic heterocycles. The maximum atomic E-state index is 12.6. The first-order valence-electron chi connectivity index (χ1n) is 8.46. The van der Waals surface area contributed by atoms with Gasteiger partial charge in [-0.25, -0.2) is 0 Å². The van der Waals surface area contributed by atoms with E-state index in [2.05, 4.69) is 5.32 Å². The van der Waals surface area contributed by atoms with Crippen LogP contribution in [0.2, 0.25) is 0 Å². The highest BCUT2D eigenvalue weighted by molar-refractivity contribution is 8.18. The molecule has 0 aromatic heterocycles. The van der Waals surface area contributed by atoms with E-state index in [0.717, 1.165) is 11.0 Å². The number of carbonyl (C=O) groups excluding carboxylic acids is 3. The van der Waals surface area contributed by atoms with Crippen molar-refractivity contribution in [2.45, 2.75) is 0 Å². The molecule has 1 heterocycles. The Balaban J connectivity index is 1.80. The van der Waals surface area contributed by atoms with Crippen LogP contribution in [0.4, 0.5) is 16.2 Å². The number of ether oxygens (including phenoxy) is 1. The van der Waals surface area contributed by atoms with E-state index in [0.29, 0.717) is 17.4 Å². The monoisotopic (exact) mass is 429 g/mol. The Morgan fingerprint density at radius 3 is 2.63 bits per heavy atom. The zero-order chi connectivity index (χ0) is 21.8. The predicted molar refractivity (Wildman–Crippen MR) is 109 cm³/mol. The topological polar surface area (TPSA) is 139 Å². The highest BCUT2D eigenvalue weighted by Crippen LogP contribution is 2.39. The molecule has 0 radical (unpaired) electrons. The van der Waals surface area contributed by atoms with Gasteiger partial charge in [0, 0.05) is 11.8 Å². The number of carbonyl (C=O) groups is 3. The summed E-state index contributed by atoms with van der Waals surface area (Å²) in [5, 5.41) is 22.9. The van der Waals surface area contributed by atoms with Gasteiger partial charge >= 0.3 is 5.69 Å². The molecule has 3 rings (SSSR count). The number of nitrogens with one attached hydrogen (secondary N) is 1. The fourth-order valence-corrected chi connectivity index (χ4v) is 3.48. The summed E-state index contributed by atoms with van der Waals surface area (Å²) < 4.78 is 4.91. The van der Waals surface area contributed by atoms with Crippen molar-refractivity contribution in [2.75, 3.05) is 19.0 Å². The highest BCUT2D eigenvalue weighted by Gasteiger charge is 2.36. The number of nitro groups is 1. The molecule has 1 saturated heterocycles. The number of aromatic hydroxyl groups is 1. The minimum atomic E-state index is -0.797. The van der Waals surface area contributed by atoms with Gasteiger partial charge in [0.15, 0.2) is 5.75 Å². The number of para-hydroxylation sites is 1. The predicted octanol–water partition coefficient (Wildman–Crippen LogP) is 2.98. The van der Waals surface area contributed by atoms with Crippen molar-refractivity contribution in [3.05, 3.63) is 63.0 Å². The average molecular weight is 429 g/mol. The van der Waals surface area contributed by atoms with Crippen LogP contribution in [0.25, 0.3) is 6.08 Å². The number of methoxy groups -OCH3 is 1. The minimum absolute atomic E-state index is 0.0189. The second-order valence-corrected chi connectivity index (χ2v) is 7.02. The van der Waals surface area contributed by atoms with Gasteiger partial charge < -0.3 is 15.2 Å². The number of amides is 3. The van der Waals surface area contributed by atoms with Gasteiger partial charge in [-0.3, -0.25) is 29.4 Å². The zero-order valence-electron chi connectivity index (χ0n) is 15.5. The highest BCUT2D eigenvalue weighted by atomic mass is 32.2. The number of benzene rings is 2. The Kier molecular flexibility index (Phi) is 6.02. The first kappa shape index (κ1) is 20.9. The van der Waals surface area contributed by atoms with Crippen LogP contribution in [0.3, 0.4) is 0 Å². The van der Waals surface area contributed by atoms with E-state index in [-0.39, 0.29) is 16.2 Å². The molecule has 0 saturated carbocycles. The lowest BCUT2D eigenvalue weighted by Crippen LogP contribution is -2.36. The molecule has 2 aromatic rings. The van der Waals surface area contributed by atoms with E-state index in [1.54, 1.807) is 30.3 Å². The van der Waals surface area contributed by atoms with E-state index >= 15 is 0 Å². The quantitative estimate of drug-likeness (QED) is 0.406. The third kappa shape index (κ3) is 4.41. The molecule has 0 spiro atoms. The van der Waals surface area contributed by atoms with Crippen molar-refractivity contribution in [1.29, 1.82) is 0 Å². The molecule has 0 unspecified atom stereocenters. The number of hydrogen-bond donors (Lipinski definition) is 2. The lowest BCUT2D eigenvalue weighted by Gasteiger charge is -2.12. The van der Waals surface area contributed by atoms with Crippen LogP contribution in [0.15, 0.2) is 47.4 Å². The van der Waals surface area contributed by atoms with Crippen LogP contribution in [-0.2, 0) is 9.59 Å². The summed E-state index contributed by atoms with van der Waals surface area (Å²) in [6.45, 7) is -0.476. The van der Waals surface area contributed by atoms with Gasteiger partial charge in [0.05, 0.1) is 16.9 Å². The van der Waals surface area contributed by atoms with E-state index in [9.17, 15) is 29.6 Å². The lowest BCUT2D eigenvalue weighted by molar-refractivity contribution is -0.386. The third-order valence-electron chi connectivity index (χ3n) is 4.02. The number of imide groups is 1. The second-order valence-electron chi connectivity index (χ2n) is 6.03. The van der Waals surface area contributed by atoms with E-state index in [1.807, 2.05) is 0 Å². The molecular formula is C19H15N3O7S. The zero-order valence-corrected chi connectivity index (χ0v) is 16.3. The Morgan fingerprint density at radius 1 is 1.30 bits per heavy atom. The van der Waals surface area contributed by atoms with Crippen molar-refractivity contribution in [3.63, 3.8) is 0 Å². The fourth-order valence-electron chi connectivity index (χ4n) is 2.65. The molecule has 0 atom stereocenters. The van der Waals surface area contributed by atoms with Gasteiger partial charge in [0.1, 0.15) is 6.54 Å². The Hall–Kier alpha value is -3.86. The number of rotatable bonds is 6. The van der Waals surface area contributed by atoms with Gasteiger partial charge in [0.25, 0.3) is 11.1 Å². The molecular weight excluding hydrogens is 414 g/mol. The number of phenolic OH excluding ortho intramolecular Hbond substituents is 1. The summed E-state index contributed by atoms with van der Waals surface area (Å²) >= 11 is 0.602. The minimum Gasteiger partial charge on any atom is -0.500 e. The third-order valence-corrected chi connectivity index (χ3v) is 4.93. The van der Waals surface area contributed by atoms with Crippen molar-refractivity contribution in [1.82, 2.24) is 4.90 Å². The number of anilines is 1. The maximum absolute atomic E-state index is 12.6. The van der Waals surface area contributed by atoms with E-state index in [4.69, 9.17) is 4.74 Å². The van der Waals surface area contributed by atoms with Crippen molar-refractivity contribution >= 4 is 46.3 Å². The number of nitrogens with zero attached hydrogens (tertiary/aromatic N) is 2. The first-order chi connectivity index (χ1) is 14.3. The maximum Gasteiger partial charge on any atom is 0.315 e. The Bertz CT molecular complexity index is 1070. The fraction of sp³-hybridized carbons (Fsp3) is 0.105. The first-order valence-corrected chi connectivity index (χ1v) is 9.27. The molecule has 3 amide bonds. The summed E-state index contributed by atoms with van der Waals surface area (Å²) in [6.07, 6.45) is 1.26. The molecule has 154 valence electrons. The van der Waals surface area contributed by atoms with Crippen molar-refractivity contribution < 1.29 is 29.2 Å². The summed E-state index contributed by atoms with van der Waals surface area (Å²) in [5.41, 5.74) is 0.0890. The number of thioether (sulfide) groups is 1. The summed E-state index contributed by atoms with van der Waals surface area (Å²) in [6, 6.07) is 10.9. The number of nitro benzene ring substituents is 1. The molecule has 0 aliphatic carbocycles. The number of hydrogen-bond acceptors (Lipinski definition) is 8. The van der Waals surface area contributed by atoms with Gasteiger partial charge in [-0.1, -0.05) is 18.2 Å². The molecule has 2 aromatic carbocycles. The van der Waals surface area contributed by atoms with Crippen molar-refractivity contribution in [3.8, 4) is 11.5 Å². The van der Waals surface area contributed by atoms with E-state index < -0.39 is 40.0 Å². The molecule has 30 heavy (non-hydrogen) atoms. The average Bonchev–Trinajstić information content (AvgIpc) is 2.97. The normalized spacial score (nSPS) is 14.8. The van der Waals surface area contributed by atoms with Crippen LogP contribution in [0.1, 0.15) is 5.56 Å². The van der Waals surface area contributed by atoms with Crippen LogP contribution < -0.4 is 10.1 Å². The van der Waals surface area contributed by atoms with Crippen LogP contribution >= 0.6 is 11.8 Å². The lowest BCUT2D eigenvalue weighted by atomic mass is 10.1. The largest absolute Gasteiger partial charge is 0.500 e. The molecule has 10 nitrogen and oxygen atoms in total. The molecule has 11 heteroatoms. The Morgan fingerprint density at radius 2 is 2.00 bits per heavy atom. The van der Waals surface area contributed by atoms with E-state index in [1.165, 1.54) is 19.3 Å². The number of phenols is 1. The molecule has 1 aliphatic rings. The van der Waals surface area contributed by atoms with Crippen LogP contribution in [-0.4, -0.2) is 45.6 Å². The molecule has 1 fully saturated rings. The summed E-state index contributed by atoms with van der Waals surface area (Å²) in [7, 11) is 1.22. The van der Waals surface area contributed by atoms with Gasteiger partial charge in [-0.2, -0.15) is 0 Å². The SMILES string of the molecule is COc1cc(/C=C2\SC(=O)N(CC(=O)Nc3ccccc3)C2=O)cc([N+](=O)[O-])c1O. The Labute approximate surface area is 174 Å². The molecule has 2 N–H and O–H groups in total. The summed E-state index contributed by atoms with van der Waals surface area (Å²) in [5.74, 6) is -2.06. The van der Waals surface area contributed by atoms with Crippen LogP contribution in [0, 0.1) is 10.1 Å². The van der Waals surface area contributed by atoms with Gasteiger partial charge in [-0.15, -0.1) is 0 Å². The second kappa shape index (κ2) is 8.66. The smallest absolute Gasteiger partial charge is 0.315 e. The van der Waals surface area contributed by atoms with Crippen molar-refractivity contribution in [2.24, 2.45) is 0 Å².